The second kappa shape index (κ2) is 14.2. The Hall–Kier alpha value is -1.98. The number of carbonyl (C=O) groups is 2. The third-order valence-corrected chi connectivity index (χ3v) is 6.18. The van der Waals surface area contributed by atoms with Crippen molar-refractivity contribution in [2.75, 3.05) is 26.7 Å². The van der Waals surface area contributed by atoms with E-state index in [0.717, 1.165) is 58.2 Å². The van der Waals surface area contributed by atoms with Crippen molar-refractivity contribution in [3.8, 4) is 0 Å². The standard InChI is InChI=1S/C26H40N2O3/c1-4-5-18-27-19-8-6-7-9-20-31-25-16-14-24(15-17-25)28(3)26(30)23-12-10-22(11-13-23)21(2)29/h4,10-13,24-25,27H,1,5-9,14-20H2,2-3H3. The molecule has 0 radical (unpaired) electrons. The first-order valence-corrected chi connectivity index (χ1v) is 11.8. The minimum Gasteiger partial charge on any atom is -0.378 e. The van der Waals surface area contributed by atoms with Crippen molar-refractivity contribution in [1.29, 1.82) is 0 Å². The summed E-state index contributed by atoms with van der Waals surface area (Å²) < 4.78 is 6.09. The van der Waals surface area contributed by atoms with Crippen LogP contribution in [0.15, 0.2) is 36.9 Å². The van der Waals surface area contributed by atoms with Crippen molar-refractivity contribution in [3.05, 3.63) is 48.0 Å². The Morgan fingerprint density at radius 2 is 1.68 bits per heavy atom. The zero-order valence-corrected chi connectivity index (χ0v) is 19.4. The molecule has 31 heavy (non-hydrogen) atoms. The van der Waals surface area contributed by atoms with Crippen LogP contribution < -0.4 is 5.32 Å². The van der Waals surface area contributed by atoms with Gasteiger partial charge in [-0.1, -0.05) is 31.1 Å². The predicted molar refractivity (Wildman–Crippen MR) is 127 cm³/mol. The van der Waals surface area contributed by atoms with Gasteiger partial charge >= 0.3 is 0 Å². The molecule has 0 aliphatic heterocycles. The van der Waals surface area contributed by atoms with Crippen molar-refractivity contribution < 1.29 is 14.3 Å². The Balaban J connectivity index is 1.58. The van der Waals surface area contributed by atoms with Gasteiger partial charge in [0.25, 0.3) is 5.91 Å². The molecule has 1 aliphatic rings. The van der Waals surface area contributed by atoms with E-state index >= 15 is 0 Å². The average molecular weight is 429 g/mol. The van der Waals surface area contributed by atoms with Gasteiger partial charge < -0.3 is 15.0 Å². The summed E-state index contributed by atoms with van der Waals surface area (Å²) in [7, 11) is 1.89. The fourth-order valence-corrected chi connectivity index (χ4v) is 4.10. The molecule has 1 aromatic carbocycles. The molecular weight excluding hydrogens is 388 g/mol. The Morgan fingerprint density at radius 1 is 1.03 bits per heavy atom. The van der Waals surface area contributed by atoms with Crippen LogP contribution in [0.2, 0.25) is 0 Å². The molecule has 1 aliphatic carbocycles. The molecule has 172 valence electrons. The van der Waals surface area contributed by atoms with Crippen LogP contribution in [0.3, 0.4) is 0 Å². The van der Waals surface area contributed by atoms with Gasteiger partial charge in [0.05, 0.1) is 6.10 Å². The summed E-state index contributed by atoms with van der Waals surface area (Å²) in [4.78, 5) is 26.1. The molecule has 0 heterocycles. The molecule has 0 aromatic heterocycles. The molecule has 1 N–H and O–H groups in total. The van der Waals surface area contributed by atoms with Gasteiger partial charge in [-0.25, -0.2) is 0 Å². The summed E-state index contributed by atoms with van der Waals surface area (Å²) in [5.74, 6) is 0.0420. The molecule has 1 aromatic rings. The number of nitrogens with one attached hydrogen (secondary N) is 1. The van der Waals surface area contributed by atoms with E-state index < -0.39 is 0 Å². The van der Waals surface area contributed by atoms with E-state index in [1.807, 2.05) is 18.0 Å². The zero-order valence-electron chi connectivity index (χ0n) is 19.4. The smallest absolute Gasteiger partial charge is 0.253 e. The zero-order chi connectivity index (χ0) is 22.5. The SMILES string of the molecule is C=CCCNCCCCCCOC1CCC(N(C)C(=O)c2ccc(C(C)=O)cc2)CC1. The van der Waals surface area contributed by atoms with E-state index in [1.165, 1.54) is 26.2 Å². The summed E-state index contributed by atoms with van der Waals surface area (Å²) in [5, 5.41) is 3.42. The number of benzene rings is 1. The van der Waals surface area contributed by atoms with Crippen molar-refractivity contribution >= 4 is 11.7 Å². The Bertz CT molecular complexity index is 678. The monoisotopic (exact) mass is 428 g/mol. The third kappa shape index (κ3) is 8.96. The highest BCUT2D eigenvalue weighted by molar-refractivity contribution is 5.97. The number of ether oxygens (including phenoxy) is 1. The second-order valence-corrected chi connectivity index (χ2v) is 8.59. The lowest BCUT2D eigenvalue weighted by molar-refractivity contribution is 0.00911. The molecule has 5 heteroatoms. The first-order chi connectivity index (χ1) is 15.0. The Morgan fingerprint density at radius 3 is 2.32 bits per heavy atom. The highest BCUT2D eigenvalue weighted by Gasteiger charge is 2.27. The largest absolute Gasteiger partial charge is 0.378 e. The Labute approximate surface area is 188 Å². The third-order valence-electron chi connectivity index (χ3n) is 6.18. The first kappa shape index (κ1) is 25.3. The number of ketones is 1. The van der Waals surface area contributed by atoms with E-state index in [1.54, 1.807) is 24.3 Å². The van der Waals surface area contributed by atoms with Gasteiger partial charge in [-0.05, 0) is 77.1 Å². The summed E-state index contributed by atoms with van der Waals surface area (Å²) in [6.45, 7) is 8.22. The lowest BCUT2D eigenvalue weighted by Crippen LogP contribution is -2.40. The molecule has 1 amide bonds. The molecule has 1 fully saturated rings. The quantitative estimate of drug-likeness (QED) is 0.257. The van der Waals surface area contributed by atoms with E-state index in [-0.39, 0.29) is 17.7 Å². The minimum atomic E-state index is 0.0157. The van der Waals surface area contributed by atoms with Crippen LogP contribution >= 0.6 is 0 Å². The van der Waals surface area contributed by atoms with E-state index in [4.69, 9.17) is 4.74 Å². The lowest BCUT2D eigenvalue weighted by Gasteiger charge is -2.34. The second-order valence-electron chi connectivity index (χ2n) is 8.59. The normalized spacial score (nSPS) is 18.5. The van der Waals surface area contributed by atoms with Crippen LogP contribution in [0, 0.1) is 0 Å². The van der Waals surface area contributed by atoms with Crippen molar-refractivity contribution in [1.82, 2.24) is 10.2 Å². The number of hydrogen-bond donors (Lipinski definition) is 1. The van der Waals surface area contributed by atoms with Crippen molar-refractivity contribution in [2.24, 2.45) is 0 Å². The van der Waals surface area contributed by atoms with E-state index in [2.05, 4.69) is 11.9 Å². The maximum absolute atomic E-state index is 12.8. The summed E-state index contributed by atoms with van der Waals surface area (Å²) in [6, 6.07) is 7.22. The molecule has 0 bridgehead atoms. The van der Waals surface area contributed by atoms with Gasteiger partial charge in [0.1, 0.15) is 0 Å². The van der Waals surface area contributed by atoms with Crippen LogP contribution in [0.1, 0.15) is 85.4 Å². The van der Waals surface area contributed by atoms with Crippen LogP contribution in [0.25, 0.3) is 0 Å². The molecule has 5 nitrogen and oxygen atoms in total. The number of amides is 1. The number of rotatable bonds is 14. The average Bonchev–Trinajstić information content (AvgIpc) is 2.80. The van der Waals surface area contributed by atoms with Gasteiger partial charge in [0.2, 0.25) is 0 Å². The predicted octanol–water partition coefficient (Wildman–Crippen LogP) is 5.02. The van der Waals surface area contributed by atoms with Crippen LogP contribution in [0.5, 0.6) is 0 Å². The number of carbonyl (C=O) groups excluding carboxylic acids is 2. The van der Waals surface area contributed by atoms with E-state index in [9.17, 15) is 9.59 Å². The fourth-order valence-electron chi connectivity index (χ4n) is 4.10. The number of Topliss-reactive ketones (excluding diaryl/α,β-unsaturated/α-hetero) is 1. The fraction of sp³-hybridized carbons (Fsp3) is 0.615. The number of unbranched alkanes of at least 4 members (excludes halogenated alkanes) is 3. The Kier molecular flexibility index (Phi) is 11.5. The minimum absolute atomic E-state index is 0.0157. The van der Waals surface area contributed by atoms with Gasteiger partial charge in [-0.2, -0.15) is 0 Å². The molecule has 2 rings (SSSR count). The molecule has 0 unspecified atom stereocenters. The lowest BCUT2D eigenvalue weighted by atomic mass is 9.91. The van der Waals surface area contributed by atoms with Gasteiger partial charge in [-0.15, -0.1) is 6.58 Å². The van der Waals surface area contributed by atoms with Gasteiger partial charge in [-0.3, -0.25) is 9.59 Å². The van der Waals surface area contributed by atoms with E-state index in [0.29, 0.717) is 17.2 Å². The molecule has 0 spiro atoms. The maximum atomic E-state index is 12.8. The maximum Gasteiger partial charge on any atom is 0.253 e. The van der Waals surface area contributed by atoms with Crippen molar-refractivity contribution in [3.63, 3.8) is 0 Å². The molecule has 0 atom stereocenters. The molecule has 0 saturated heterocycles. The highest BCUT2D eigenvalue weighted by atomic mass is 16.5. The summed E-state index contributed by atoms with van der Waals surface area (Å²) in [5.41, 5.74) is 1.28. The highest BCUT2D eigenvalue weighted by Crippen LogP contribution is 2.26. The molecular formula is C26H40N2O3. The summed E-state index contributed by atoms with van der Waals surface area (Å²) >= 11 is 0. The number of nitrogens with zero attached hydrogens (tertiary/aromatic N) is 1. The topological polar surface area (TPSA) is 58.6 Å². The van der Waals surface area contributed by atoms with Crippen LogP contribution in [0.4, 0.5) is 0 Å². The summed E-state index contributed by atoms with van der Waals surface area (Å²) in [6.07, 6.45) is 12.1. The van der Waals surface area contributed by atoms with Crippen LogP contribution in [-0.2, 0) is 4.74 Å². The number of hydrogen-bond acceptors (Lipinski definition) is 4. The van der Waals surface area contributed by atoms with Crippen molar-refractivity contribution in [2.45, 2.75) is 76.9 Å². The molecule has 1 saturated carbocycles. The van der Waals surface area contributed by atoms with Gasteiger partial charge in [0.15, 0.2) is 5.78 Å². The van der Waals surface area contributed by atoms with Crippen LogP contribution in [-0.4, -0.2) is 55.5 Å². The first-order valence-electron chi connectivity index (χ1n) is 11.8. The van der Waals surface area contributed by atoms with Gasteiger partial charge in [0, 0.05) is 30.8 Å².